The predicted octanol–water partition coefficient (Wildman–Crippen LogP) is 1.99. The van der Waals surface area contributed by atoms with Crippen LogP contribution in [0.1, 0.15) is 17.8 Å². The standard InChI is InChI=1S/C15H19N5O/c1-21-10-14-17-13(19-16)9-15(18-14)20-8-4-6-11-5-2-3-7-12(11)20/h2-3,5,7,9H,4,6,8,10,16H2,1H3,(H,17,18,19). The first-order valence-electron chi connectivity index (χ1n) is 7.01. The lowest BCUT2D eigenvalue weighted by Crippen LogP contribution is -2.26. The van der Waals surface area contributed by atoms with Crippen LogP contribution in [0.5, 0.6) is 0 Å². The van der Waals surface area contributed by atoms with Gasteiger partial charge in [-0.1, -0.05) is 18.2 Å². The number of aryl methyl sites for hydroxylation is 1. The third-order valence-corrected chi connectivity index (χ3v) is 3.57. The summed E-state index contributed by atoms with van der Waals surface area (Å²) >= 11 is 0. The van der Waals surface area contributed by atoms with E-state index < -0.39 is 0 Å². The van der Waals surface area contributed by atoms with E-state index in [4.69, 9.17) is 10.6 Å². The van der Waals surface area contributed by atoms with Crippen LogP contribution < -0.4 is 16.2 Å². The number of nitrogen functional groups attached to an aromatic ring is 1. The van der Waals surface area contributed by atoms with Crippen molar-refractivity contribution < 1.29 is 4.74 Å². The van der Waals surface area contributed by atoms with E-state index in [0.29, 0.717) is 18.2 Å². The number of hydrazine groups is 1. The third kappa shape index (κ3) is 2.81. The maximum absolute atomic E-state index is 5.51. The van der Waals surface area contributed by atoms with Gasteiger partial charge in [-0.05, 0) is 24.5 Å². The molecule has 21 heavy (non-hydrogen) atoms. The second kappa shape index (κ2) is 6.07. The number of anilines is 3. The zero-order valence-electron chi connectivity index (χ0n) is 12.0. The monoisotopic (exact) mass is 285 g/mol. The maximum atomic E-state index is 5.51. The zero-order chi connectivity index (χ0) is 14.7. The van der Waals surface area contributed by atoms with Crippen LogP contribution >= 0.6 is 0 Å². The summed E-state index contributed by atoms with van der Waals surface area (Å²) in [6, 6.07) is 10.3. The molecule has 2 heterocycles. The van der Waals surface area contributed by atoms with Crippen LogP contribution in [-0.4, -0.2) is 23.6 Å². The SMILES string of the molecule is COCc1nc(NN)cc(N2CCCc3ccccc32)n1. The summed E-state index contributed by atoms with van der Waals surface area (Å²) in [5, 5.41) is 0. The summed E-state index contributed by atoms with van der Waals surface area (Å²) in [6.07, 6.45) is 2.21. The van der Waals surface area contributed by atoms with E-state index in [1.165, 1.54) is 11.3 Å². The number of hydrogen-bond acceptors (Lipinski definition) is 6. The highest BCUT2D eigenvalue weighted by atomic mass is 16.5. The number of fused-ring (bicyclic) bond motifs is 1. The van der Waals surface area contributed by atoms with Gasteiger partial charge in [-0.15, -0.1) is 0 Å². The van der Waals surface area contributed by atoms with Crippen molar-refractivity contribution in [3.05, 3.63) is 41.7 Å². The van der Waals surface area contributed by atoms with Gasteiger partial charge in [0.1, 0.15) is 18.2 Å². The molecule has 1 aromatic heterocycles. The molecule has 3 rings (SSSR count). The minimum Gasteiger partial charge on any atom is -0.377 e. The third-order valence-electron chi connectivity index (χ3n) is 3.57. The van der Waals surface area contributed by atoms with Gasteiger partial charge < -0.3 is 15.1 Å². The largest absolute Gasteiger partial charge is 0.377 e. The second-order valence-electron chi connectivity index (χ2n) is 4.99. The fourth-order valence-electron chi connectivity index (χ4n) is 2.66. The Morgan fingerprint density at radius 3 is 3.00 bits per heavy atom. The van der Waals surface area contributed by atoms with Gasteiger partial charge in [0.25, 0.3) is 0 Å². The molecule has 0 unspecified atom stereocenters. The van der Waals surface area contributed by atoms with Gasteiger partial charge in [-0.25, -0.2) is 15.8 Å². The van der Waals surface area contributed by atoms with Gasteiger partial charge in [0, 0.05) is 25.4 Å². The Bertz CT molecular complexity index is 631. The summed E-state index contributed by atoms with van der Waals surface area (Å²) in [6.45, 7) is 1.29. The number of hydrogen-bond donors (Lipinski definition) is 2. The molecule has 0 fully saturated rings. The normalized spacial score (nSPS) is 13.9. The van der Waals surface area contributed by atoms with Crippen molar-refractivity contribution in [1.29, 1.82) is 0 Å². The zero-order valence-corrected chi connectivity index (χ0v) is 12.0. The average Bonchev–Trinajstić information content (AvgIpc) is 2.54. The number of nitrogens with one attached hydrogen (secondary N) is 1. The van der Waals surface area contributed by atoms with Gasteiger partial charge >= 0.3 is 0 Å². The average molecular weight is 285 g/mol. The van der Waals surface area contributed by atoms with E-state index in [1.807, 2.05) is 6.07 Å². The molecule has 6 nitrogen and oxygen atoms in total. The van der Waals surface area contributed by atoms with E-state index in [-0.39, 0.29) is 0 Å². The number of aromatic nitrogens is 2. The molecule has 0 atom stereocenters. The molecule has 1 aromatic carbocycles. The Morgan fingerprint density at radius 2 is 2.19 bits per heavy atom. The Labute approximate surface area is 123 Å². The molecule has 110 valence electrons. The summed E-state index contributed by atoms with van der Waals surface area (Å²) in [7, 11) is 1.63. The van der Waals surface area contributed by atoms with Crippen LogP contribution in [-0.2, 0) is 17.8 Å². The molecule has 1 aliphatic rings. The molecule has 3 N–H and O–H groups in total. The molecule has 0 radical (unpaired) electrons. The van der Waals surface area contributed by atoms with E-state index in [1.54, 1.807) is 7.11 Å². The first-order chi connectivity index (χ1) is 10.3. The number of benzene rings is 1. The van der Waals surface area contributed by atoms with Gasteiger partial charge in [0.15, 0.2) is 5.82 Å². The van der Waals surface area contributed by atoms with E-state index >= 15 is 0 Å². The van der Waals surface area contributed by atoms with Crippen molar-refractivity contribution in [1.82, 2.24) is 9.97 Å². The lowest BCUT2D eigenvalue weighted by atomic mass is 10.0. The number of methoxy groups -OCH3 is 1. The van der Waals surface area contributed by atoms with Crippen LogP contribution in [0.15, 0.2) is 30.3 Å². The number of nitrogens with zero attached hydrogens (tertiary/aromatic N) is 3. The molecule has 0 aliphatic carbocycles. The number of nitrogens with two attached hydrogens (primary N) is 1. The lowest BCUT2D eigenvalue weighted by molar-refractivity contribution is 0.178. The fraction of sp³-hybridized carbons (Fsp3) is 0.333. The summed E-state index contributed by atoms with van der Waals surface area (Å²) < 4.78 is 5.13. The molecule has 1 aliphatic heterocycles. The van der Waals surface area contributed by atoms with Crippen LogP contribution in [0.25, 0.3) is 0 Å². The minimum atomic E-state index is 0.359. The van der Waals surface area contributed by atoms with Gasteiger partial charge in [-0.3, -0.25) is 0 Å². The molecule has 0 amide bonds. The van der Waals surface area contributed by atoms with Crippen LogP contribution in [0.2, 0.25) is 0 Å². The molecule has 6 heteroatoms. The van der Waals surface area contributed by atoms with Gasteiger partial charge in [-0.2, -0.15) is 0 Å². The fourth-order valence-corrected chi connectivity index (χ4v) is 2.66. The van der Waals surface area contributed by atoms with Crippen LogP contribution in [0.4, 0.5) is 17.3 Å². The molecular weight excluding hydrogens is 266 g/mol. The minimum absolute atomic E-state index is 0.359. The summed E-state index contributed by atoms with van der Waals surface area (Å²) in [4.78, 5) is 11.1. The Hall–Kier alpha value is -2.18. The topological polar surface area (TPSA) is 76.3 Å². The van der Waals surface area contributed by atoms with Crippen LogP contribution in [0, 0.1) is 0 Å². The highest BCUT2D eigenvalue weighted by molar-refractivity contribution is 5.67. The molecular formula is C15H19N5O. The first-order valence-corrected chi connectivity index (χ1v) is 7.01. The molecule has 0 saturated heterocycles. The van der Waals surface area contributed by atoms with E-state index in [2.05, 4.69) is 44.6 Å². The predicted molar refractivity (Wildman–Crippen MR) is 82.3 cm³/mol. The van der Waals surface area contributed by atoms with Crippen molar-refractivity contribution in [2.45, 2.75) is 19.4 Å². The number of rotatable bonds is 4. The summed E-state index contributed by atoms with van der Waals surface area (Å²) in [5.41, 5.74) is 5.14. The van der Waals surface area contributed by atoms with Crippen molar-refractivity contribution in [2.24, 2.45) is 5.84 Å². The van der Waals surface area contributed by atoms with Gasteiger partial charge in [0.05, 0.1) is 0 Å². The molecule has 0 bridgehead atoms. The Balaban J connectivity index is 2.02. The molecule has 0 saturated carbocycles. The maximum Gasteiger partial charge on any atom is 0.158 e. The highest BCUT2D eigenvalue weighted by Gasteiger charge is 2.20. The smallest absolute Gasteiger partial charge is 0.158 e. The van der Waals surface area contributed by atoms with Crippen LogP contribution in [0.3, 0.4) is 0 Å². The van der Waals surface area contributed by atoms with Crippen molar-refractivity contribution in [3.8, 4) is 0 Å². The Kier molecular flexibility index (Phi) is 3.98. The van der Waals surface area contributed by atoms with Gasteiger partial charge in [0.2, 0.25) is 0 Å². The quantitative estimate of drug-likeness (QED) is 0.661. The highest BCUT2D eigenvalue weighted by Crippen LogP contribution is 2.32. The first kappa shape index (κ1) is 13.8. The lowest BCUT2D eigenvalue weighted by Gasteiger charge is -2.30. The second-order valence-corrected chi connectivity index (χ2v) is 4.99. The van der Waals surface area contributed by atoms with Crippen molar-refractivity contribution >= 4 is 17.3 Å². The molecule has 0 spiro atoms. The van der Waals surface area contributed by atoms with Crippen molar-refractivity contribution in [3.63, 3.8) is 0 Å². The summed E-state index contributed by atoms with van der Waals surface area (Å²) in [5.74, 6) is 7.56. The van der Waals surface area contributed by atoms with E-state index in [0.717, 1.165) is 25.2 Å². The van der Waals surface area contributed by atoms with Crippen molar-refractivity contribution in [2.75, 3.05) is 24.0 Å². The number of para-hydroxylation sites is 1. The number of ether oxygens (including phenoxy) is 1. The molecule has 2 aromatic rings. The Morgan fingerprint density at radius 1 is 1.33 bits per heavy atom. The van der Waals surface area contributed by atoms with E-state index in [9.17, 15) is 0 Å².